The Morgan fingerprint density at radius 3 is 2.50 bits per heavy atom. The third-order valence-corrected chi connectivity index (χ3v) is 3.96. The molecule has 0 aliphatic carbocycles. The molecule has 10 heteroatoms. The quantitative estimate of drug-likeness (QED) is 0.655. The molecular weight excluding hydrogens is 351 g/mol. The Morgan fingerprint density at radius 2 is 1.81 bits per heavy atom. The highest BCUT2D eigenvalue weighted by atomic mass is 19.2. The van der Waals surface area contributed by atoms with Crippen molar-refractivity contribution in [3.8, 4) is 0 Å². The minimum absolute atomic E-state index is 0.0584. The van der Waals surface area contributed by atoms with E-state index in [1.165, 1.54) is 12.4 Å². The number of halogens is 3. The summed E-state index contributed by atoms with van der Waals surface area (Å²) in [6.07, 6.45) is 1.95. The van der Waals surface area contributed by atoms with Crippen LogP contribution < -0.4 is 10.2 Å². The number of hydrogen-bond acceptors (Lipinski definition) is 5. The zero-order valence-electron chi connectivity index (χ0n) is 13.5. The van der Waals surface area contributed by atoms with Crippen molar-refractivity contribution in [2.24, 2.45) is 0 Å². The predicted molar refractivity (Wildman–Crippen MR) is 86.2 cm³/mol. The van der Waals surface area contributed by atoms with E-state index in [9.17, 15) is 22.8 Å². The van der Waals surface area contributed by atoms with Crippen molar-refractivity contribution in [2.45, 2.75) is 0 Å². The van der Waals surface area contributed by atoms with Gasteiger partial charge in [0.15, 0.2) is 17.5 Å². The number of hydrogen-bond donors (Lipinski definition) is 1. The van der Waals surface area contributed by atoms with Gasteiger partial charge in [-0.1, -0.05) is 0 Å². The summed E-state index contributed by atoms with van der Waals surface area (Å²) in [5.41, 5.74) is -0.550. The number of nitrogens with one attached hydrogen (secondary N) is 1. The second-order valence-electron chi connectivity index (χ2n) is 5.57. The Labute approximate surface area is 146 Å². The Bertz CT molecular complexity index is 841. The Balaban J connectivity index is 1.75. The average Bonchev–Trinajstić information content (AvgIpc) is 2.68. The minimum Gasteiger partial charge on any atom is -0.353 e. The number of anilines is 2. The molecule has 1 fully saturated rings. The molecule has 3 rings (SSSR count). The van der Waals surface area contributed by atoms with Crippen LogP contribution in [0.3, 0.4) is 0 Å². The summed E-state index contributed by atoms with van der Waals surface area (Å²) < 4.78 is 39.9. The molecule has 1 aromatic heterocycles. The fraction of sp³-hybridized carbons (Fsp3) is 0.250. The number of amides is 2. The first-order valence-electron chi connectivity index (χ1n) is 7.71. The zero-order chi connectivity index (χ0) is 18.7. The van der Waals surface area contributed by atoms with Crippen LogP contribution in [-0.2, 0) is 4.79 Å². The smallest absolute Gasteiger partial charge is 0.274 e. The second kappa shape index (κ2) is 7.38. The second-order valence-corrected chi connectivity index (χ2v) is 5.57. The van der Waals surface area contributed by atoms with Crippen LogP contribution in [0.25, 0.3) is 0 Å². The molecule has 0 radical (unpaired) electrons. The van der Waals surface area contributed by atoms with Crippen LogP contribution in [-0.4, -0.2) is 53.4 Å². The van der Waals surface area contributed by atoms with Gasteiger partial charge in [0.2, 0.25) is 6.41 Å². The van der Waals surface area contributed by atoms with Crippen LogP contribution in [0.4, 0.5) is 24.7 Å². The van der Waals surface area contributed by atoms with Gasteiger partial charge in [-0.3, -0.25) is 9.59 Å². The Morgan fingerprint density at radius 1 is 1.08 bits per heavy atom. The molecule has 7 nitrogen and oxygen atoms in total. The first-order chi connectivity index (χ1) is 12.5. The first kappa shape index (κ1) is 17.6. The lowest BCUT2D eigenvalue weighted by atomic mass is 10.2. The molecule has 2 aromatic rings. The third kappa shape index (κ3) is 3.58. The maximum absolute atomic E-state index is 13.7. The summed E-state index contributed by atoms with van der Waals surface area (Å²) in [5, 5.41) is 2.16. The molecule has 0 unspecified atom stereocenters. The first-order valence-corrected chi connectivity index (χ1v) is 7.71. The van der Waals surface area contributed by atoms with Crippen molar-refractivity contribution in [3.05, 3.63) is 47.7 Å². The summed E-state index contributed by atoms with van der Waals surface area (Å²) in [7, 11) is 0. The van der Waals surface area contributed by atoms with Gasteiger partial charge in [0.25, 0.3) is 5.91 Å². The highest BCUT2D eigenvalue weighted by molar-refractivity contribution is 6.03. The molecule has 1 aromatic carbocycles. The van der Waals surface area contributed by atoms with E-state index in [4.69, 9.17) is 0 Å². The number of aromatic nitrogens is 2. The molecule has 1 aliphatic rings. The average molecular weight is 365 g/mol. The van der Waals surface area contributed by atoms with Gasteiger partial charge in [-0.15, -0.1) is 0 Å². The molecular formula is C16H14F3N5O2. The molecule has 1 aliphatic heterocycles. The van der Waals surface area contributed by atoms with E-state index in [1.807, 2.05) is 4.90 Å². The number of rotatable bonds is 4. The summed E-state index contributed by atoms with van der Waals surface area (Å²) in [6, 6.07) is 3.04. The van der Waals surface area contributed by atoms with Gasteiger partial charge in [0.05, 0.1) is 5.69 Å². The Kier molecular flexibility index (Phi) is 5.01. The lowest BCUT2D eigenvalue weighted by Crippen LogP contribution is -2.46. The normalized spacial score (nSPS) is 14.3. The molecule has 0 bridgehead atoms. The third-order valence-electron chi connectivity index (χ3n) is 3.96. The molecule has 0 atom stereocenters. The monoisotopic (exact) mass is 365 g/mol. The van der Waals surface area contributed by atoms with Crippen LogP contribution in [0, 0.1) is 17.5 Å². The van der Waals surface area contributed by atoms with Crippen molar-refractivity contribution in [1.82, 2.24) is 14.9 Å². The fourth-order valence-corrected chi connectivity index (χ4v) is 2.51. The van der Waals surface area contributed by atoms with Crippen LogP contribution >= 0.6 is 0 Å². The van der Waals surface area contributed by atoms with Crippen molar-refractivity contribution in [3.63, 3.8) is 0 Å². The molecule has 136 valence electrons. The predicted octanol–water partition coefficient (Wildman–Crippen LogP) is 1.42. The van der Waals surface area contributed by atoms with Crippen molar-refractivity contribution in [2.75, 3.05) is 36.4 Å². The van der Waals surface area contributed by atoms with E-state index < -0.39 is 29.0 Å². The lowest BCUT2D eigenvalue weighted by molar-refractivity contribution is -0.118. The number of carbonyl (C=O) groups excluding carboxylic acids is 2. The molecule has 1 saturated heterocycles. The van der Waals surface area contributed by atoms with Gasteiger partial charge in [0, 0.05) is 32.2 Å². The fourth-order valence-electron chi connectivity index (χ4n) is 2.51. The highest BCUT2D eigenvalue weighted by Gasteiger charge is 2.20. The molecule has 1 N–H and O–H groups in total. The van der Waals surface area contributed by atoms with Crippen molar-refractivity contribution < 1.29 is 22.8 Å². The van der Waals surface area contributed by atoms with Crippen LogP contribution in [0.1, 0.15) is 10.5 Å². The zero-order valence-corrected chi connectivity index (χ0v) is 13.5. The van der Waals surface area contributed by atoms with E-state index in [0.717, 1.165) is 12.5 Å². The summed E-state index contributed by atoms with van der Waals surface area (Å²) in [6.45, 7) is 2.12. The van der Waals surface area contributed by atoms with E-state index in [2.05, 4.69) is 15.3 Å². The topological polar surface area (TPSA) is 78.4 Å². The van der Waals surface area contributed by atoms with E-state index in [-0.39, 0.29) is 5.69 Å². The van der Waals surface area contributed by atoms with Gasteiger partial charge < -0.3 is 15.1 Å². The van der Waals surface area contributed by atoms with E-state index in [0.29, 0.717) is 38.1 Å². The molecule has 0 saturated carbocycles. The van der Waals surface area contributed by atoms with Crippen LogP contribution in [0.15, 0.2) is 24.5 Å². The van der Waals surface area contributed by atoms with E-state index >= 15 is 0 Å². The number of piperazine rings is 1. The minimum atomic E-state index is -1.67. The van der Waals surface area contributed by atoms with Crippen LogP contribution in [0.2, 0.25) is 0 Å². The number of benzene rings is 1. The van der Waals surface area contributed by atoms with Crippen LogP contribution in [0.5, 0.6) is 0 Å². The maximum atomic E-state index is 13.7. The lowest BCUT2D eigenvalue weighted by Gasteiger charge is -2.33. The summed E-state index contributed by atoms with van der Waals surface area (Å²) in [5.74, 6) is -4.82. The number of carbonyl (C=O) groups is 2. The standard InChI is InChI=1S/C16H14F3N5O2/c17-10-1-2-11(15(19)14(10)18)22-16(26)12-7-13(21-8-20-12)24-5-3-23(9-25)4-6-24/h1-2,7-9H,3-6H2,(H,22,26). The largest absolute Gasteiger partial charge is 0.353 e. The van der Waals surface area contributed by atoms with Gasteiger partial charge in [-0.2, -0.15) is 0 Å². The SMILES string of the molecule is O=CN1CCN(c2cc(C(=O)Nc3ccc(F)c(F)c3F)ncn2)CC1. The van der Waals surface area contributed by atoms with Gasteiger partial charge in [0.1, 0.15) is 17.8 Å². The molecule has 2 heterocycles. The van der Waals surface area contributed by atoms with Crippen molar-refractivity contribution >= 4 is 23.8 Å². The molecule has 0 spiro atoms. The highest BCUT2D eigenvalue weighted by Crippen LogP contribution is 2.20. The van der Waals surface area contributed by atoms with E-state index in [1.54, 1.807) is 4.90 Å². The summed E-state index contributed by atoms with van der Waals surface area (Å²) >= 11 is 0. The molecule has 2 amide bonds. The Hall–Kier alpha value is -3.17. The van der Waals surface area contributed by atoms with Crippen molar-refractivity contribution in [1.29, 1.82) is 0 Å². The van der Waals surface area contributed by atoms with Gasteiger partial charge in [-0.05, 0) is 12.1 Å². The van der Waals surface area contributed by atoms with Gasteiger partial charge >= 0.3 is 0 Å². The summed E-state index contributed by atoms with van der Waals surface area (Å²) in [4.78, 5) is 34.4. The number of nitrogens with zero attached hydrogens (tertiary/aromatic N) is 4. The maximum Gasteiger partial charge on any atom is 0.274 e. The van der Waals surface area contributed by atoms with Gasteiger partial charge in [-0.25, -0.2) is 23.1 Å². The molecule has 26 heavy (non-hydrogen) atoms.